The van der Waals surface area contributed by atoms with E-state index in [2.05, 4.69) is 10.3 Å². The zero-order valence-electron chi connectivity index (χ0n) is 6.55. The van der Waals surface area contributed by atoms with E-state index in [0.717, 1.165) is 5.69 Å². The number of anilines is 2. The normalized spacial score (nSPS) is 16.1. The van der Waals surface area contributed by atoms with Gasteiger partial charge in [0, 0.05) is 12.1 Å². The molecule has 0 spiro atoms. The van der Waals surface area contributed by atoms with E-state index in [1.165, 1.54) is 12.8 Å². The lowest BCUT2D eigenvalue weighted by molar-refractivity contribution is 1.15. The topological polar surface area (TPSA) is 50.9 Å². The maximum Gasteiger partial charge on any atom is 0.131 e. The van der Waals surface area contributed by atoms with E-state index >= 15 is 0 Å². The molecule has 3 N–H and O–H groups in total. The largest absolute Gasteiger partial charge is 0.396 e. The molecule has 1 aliphatic carbocycles. The number of nitrogens with two attached hydrogens (primary N) is 1. The van der Waals surface area contributed by atoms with Crippen LogP contribution in [0, 0.1) is 0 Å². The van der Waals surface area contributed by atoms with Crippen molar-refractivity contribution in [3.8, 4) is 0 Å². The second kappa shape index (κ2) is 2.83. The van der Waals surface area contributed by atoms with Gasteiger partial charge in [0.2, 0.25) is 0 Å². The van der Waals surface area contributed by atoms with E-state index < -0.39 is 0 Å². The van der Waals surface area contributed by atoms with E-state index in [9.17, 15) is 0 Å². The van der Waals surface area contributed by atoms with Crippen molar-refractivity contribution in [2.45, 2.75) is 18.9 Å². The number of nitrogens with one attached hydrogen (secondary N) is 1. The second-order valence-corrected chi connectivity index (χ2v) is 3.40. The summed E-state index contributed by atoms with van der Waals surface area (Å²) in [5.41, 5.74) is 7.24. The summed E-state index contributed by atoms with van der Waals surface area (Å²) in [6.45, 7) is 0. The van der Waals surface area contributed by atoms with Gasteiger partial charge in [-0.05, 0) is 12.8 Å². The maximum atomic E-state index is 5.71. The van der Waals surface area contributed by atoms with Crippen molar-refractivity contribution in [3.05, 3.63) is 17.4 Å². The summed E-state index contributed by atoms with van der Waals surface area (Å²) in [4.78, 5) is 3.87. The minimum atomic E-state index is 0.479. The summed E-state index contributed by atoms with van der Waals surface area (Å²) < 4.78 is 0. The van der Waals surface area contributed by atoms with Crippen LogP contribution in [0.3, 0.4) is 0 Å². The van der Waals surface area contributed by atoms with Crippen LogP contribution in [0.5, 0.6) is 0 Å². The Kier molecular flexibility index (Phi) is 1.81. The van der Waals surface area contributed by atoms with Crippen molar-refractivity contribution in [2.75, 3.05) is 11.1 Å². The monoisotopic (exact) mass is 183 g/mol. The fraction of sp³-hybridized carbons (Fsp3) is 0.375. The van der Waals surface area contributed by atoms with E-state index in [4.69, 9.17) is 17.3 Å². The molecule has 0 atom stereocenters. The SMILES string of the molecule is Nc1cnc(Cl)cc1NC1CC1. The Morgan fingerprint density at radius 1 is 1.58 bits per heavy atom. The van der Waals surface area contributed by atoms with Crippen molar-refractivity contribution in [1.82, 2.24) is 4.98 Å². The van der Waals surface area contributed by atoms with Crippen LogP contribution in [0.4, 0.5) is 11.4 Å². The van der Waals surface area contributed by atoms with E-state index in [1.54, 1.807) is 12.3 Å². The van der Waals surface area contributed by atoms with Crippen molar-refractivity contribution in [1.29, 1.82) is 0 Å². The zero-order chi connectivity index (χ0) is 8.55. The molecular weight excluding hydrogens is 174 g/mol. The average molecular weight is 184 g/mol. The molecule has 12 heavy (non-hydrogen) atoms. The van der Waals surface area contributed by atoms with Crippen LogP contribution in [0.2, 0.25) is 5.15 Å². The Bertz CT molecular complexity index is 296. The quantitative estimate of drug-likeness (QED) is 0.689. The Hall–Kier alpha value is -0.960. The maximum absolute atomic E-state index is 5.71. The molecule has 0 aliphatic heterocycles. The minimum Gasteiger partial charge on any atom is -0.396 e. The third-order valence-corrected chi connectivity index (χ3v) is 2.05. The van der Waals surface area contributed by atoms with Gasteiger partial charge in [-0.25, -0.2) is 4.98 Å². The highest BCUT2D eigenvalue weighted by atomic mass is 35.5. The lowest BCUT2D eigenvalue weighted by Gasteiger charge is -2.06. The second-order valence-electron chi connectivity index (χ2n) is 3.01. The fourth-order valence-corrected chi connectivity index (χ4v) is 1.17. The number of pyridine rings is 1. The van der Waals surface area contributed by atoms with Crippen molar-refractivity contribution >= 4 is 23.0 Å². The highest BCUT2D eigenvalue weighted by molar-refractivity contribution is 6.29. The van der Waals surface area contributed by atoms with E-state index in [-0.39, 0.29) is 0 Å². The summed E-state index contributed by atoms with van der Waals surface area (Å²) in [5, 5.41) is 3.75. The summed E-state index contributed by atoms with van der Waals surface area (Å²) in [5.74, 6) is 0. The van der Waals surface area contributed by atoms with Gasteiger partial charge in [0.1, 0.15) is 5.15 Å². The highest BCUT2D eigenvalue weighted by Gasteiger charge is 2.21. The molecule has 64 valence electrons. The Morgan fingerprint density at radius 3 is 3.00 bits per heavy atom. The summed E-state index contributed by atoms with van der Waals surface area (Å²) in [6.07, 6.45) is 4.02. The third-order valence-electron chi connectivity index (χ3n) is 1.84. The summed E-state index contributed by atoms with van der Waals surface area (Å²) in [7, 11) is 0. The molecule has 1 fully saturated rings. The van der Waals surface area contributed by atoms with Crippen LogP contribution in [0.1, 0.15) is 12.8 Å². The molecule has 2 rings (SSSR count). The van der Waals surface area contributed by atoms with Crippen LogP contribution in [0.25, 0.3) is 0 Å². The van der Waals surface area contributed by atoms with Gasteiger partial charge in [0.05, 0.1) is 17.6 Å². The number of hydrogen-bond donors (Lipinski definition) is 2. The van der Waals surface area contributed by atoms with Crippen LogP contribution in [-0.2, 0) is 0 Å². The number of aromatic nitrogens is 1. The van der Waals surface area contributed by atoms with Crippen LogP contribution in [0.15, 0.2) is 12.3 Å². The summed E-state index contributed by atoms with van der Waals surface area (Å²) >= 11 is 5.71. The molecule has 0 aromatic carbocycles. The highest BCUT2D eigenvalue weighted by Crippen LogP contribution is 2.28. The molecular formula is C8H10ClN3. The number of rotatable bonds is 2. The van der Waals surface area contributed by atoms with Crippen molar-refractivity contribution in [3.63, 3.8) is 0 Å². The van der Waals surface area contributed by atoms with Crippen molar-refractivity contribution in [2.24, 2.45) is 0 Å². The number of nitrogen functional groups attached to an aromatic ring is 1. The van der Waals surface area contributed by atoms with Gasteiger partial charge in [-0.3, -0.25) is 0 Å². The molecule has 1 aromatic rings. The first kappa shape index (κ1) is 7.68. The predicted octanol–water partition coefficient (Wildman–Crippen LogP) is 1.89. The molecule has 1 aliphatic rings. The molecule has 0 saturated heterocycles. The molecule has 0 radical (unpaired) electrons. The van der Waals surface area contributed by atoms with Gasteiger partial charge < -0.3 is 11.1 Å². The van der Waals surface area contributed by atoms with Gasteiger partial charge in [-0.1, -0.05) is 11.6 Å². The zero-order valence-corrected chi connectivity index (χ0v) is 7.30. The minimum absolute atomic E-state index is 0.479. The van der Waals surface area contributed by atoms with Crippen LogP contribution in [-0.4, -0.2) is 11.0 Å². The predicted molar refractivity (Wildman–Crippen MR) is 50.3 cm³/mol. The molecule has 0 unspecified atom stereocenters. The van der Waals surface area contributed by atoms with Gasteiger partial charge in [-0.2, -0.15) is 0 Å². The van der Waals surface area contributed by atoms with E-state index in [1.807, 2.05) is 0 Å². The first-order chi connectivity index (χ1) is 5.75. The Labute approximate surface area is 75.9 Å². The molecule has 0 amide bonds. The number of halogens is 1. The van der Waals surface area contributed by atoms with Gasteiger partial charge in [-0.15, -0.1) is 0 Å². The smallest absolute Gasteiger partial charge is 0.131 e. The molecule has 4 heteroatoms. The van der Waals surface area contributed by atoms with Crippen molar-refractivity contribution < 1.29 is 0 Å². The molecule has 3 nitrogen and oxygen atoms in total. The summed E-state index contributed by atoms with van der Waals surface area (Å²) in [6, 6.07) is 2.35. The lowest BCUT2D eigenvalue weighted by atomic mass is 10.3. The lowest BCUT2D eigenvalue weighted by Crippen LogP contribution is -2.04. The van der Waals surface area contributed by atoms with Crippen LogP contribution >= 0.6 is 11.6 Å². The van der Waals surface area contributed by atoms with E-state index in [0.29, 0.717) is 16.9 Å². The Morgan fingerprint density at radius 2 is 2.33 bits per heavy atom. The van der Waals surface area contributed by atoms with Gasteiger partial charge in [0.15, 0.2) is 0 Å². The third kappa shape index (κ3) is 1.61. The van der Waals surface area contributed by atoms with Crippen LogP contribution < -0.4 is 11.1 Å². The molecule has 0 bridgehead atoms. The molecule has 1 aromatic heterocycles. The number of nitrogens with zero attached hydrogens (tertiary/aromatic N) is 1. The molecule has 1 saturated carbocycles. The first-order valence-electron chi connectivity index (χ1n) is 3.93. The fourth-order valence-electron chi connectivity index (χ4n) is 1.01. The standard InChI is InChI=1S/C8H10ClN3/c9-8-3-7(6(10)4-11-8)12-5-1-2-5/h3-5H,1-2,10H2,(H,11,12). The van der Waals surface area contributed by atoms with Gasteiger partial charge >= 0.3 is 0 Å². The average Bonchev–Trinajstić information content (AvgIpc) is 2.81. The Balaban J connectivity index is 2.21. The number of hydrogen-bond acceptors (Lipinski definition) is 3. The van der Waals surface area contributed by atoms with Gasteiger partial charge in [0.25, 0.3) is 0 Å². The molecule has 1 heterocycles. The first-order valence-corrected chi connectivity index (χ1v) is 4.31.